The summed E-state index contributed by atoms with van der Waals surface area (Å²) in [7, 11) is 0. The number of nitrogens with one attached hydrogen (secondary N) is 3. The molecule has 23 heavy (non-hydrogen) atoms. The summed E-state index contributed by atoms with van der Waals surface area (Å²) in [6, 6.07) is -1.81. The Kier molecular flexibility index (Phi) is 7.20. The first-order chi connectivity index (χ1) is 10.8. The highest BCUT2D eigenvalue weighted by atomic mass is 16.4. The van der Waals surface area contributed by atoms with E-state index in [0.717, 1.165) is 0 Å². The number of amides is 2. The van der Waals surface area contributed by atoms with E-state index in [2.05, 4.69) is 20.6 Å². The van der Waals surface area contributed by atoms with Crippen molar-refractivity contribution in [2.24, 2.45) is 11.7 Å². The van der Waals surface area contributed by atoms with Crippen LogP contribution in [0.4, 0.5) is 0 Å². The van der Waals surface area contributed by atoms with Crippen molar-refractivity contribution in [2.45, 2.75) is 38.8 Å². The van der Waals surface area contributed by atoms with Gasteiger partial charge in [-0.2, -0.15) is 0 Å². The number of imidazole rings is 1. The predicted octanol–water partition coefficient (Wildman–Crippen LogP) is -0.989. The summed E-state index contributed by atoms with van der Waals surface area (Å²) in [4.78, 5) is 41.4. The standard InChI is InChI=1S/C14H23N5O4/c1-3-8(2)12(14(22)23)19-11(20)6-17-13(21)10(15)4-9-5-16-7-18-9/h5,7-8,10,12H,3-4,6,15H2,1-2H3,(H,16,18)(H,17,21)(H,19,20)(H,22,23). The fraction of sp³-hybridized carbons (Fsp3) is 0.571. The van der Waals surface area contributed by atoms with Crippen molar-refractivity contribution in [1.29, 1.82) is 0 Å². The van der Waals surface area contributed by atoms with Gasteiger partial charge in [0.25, 0.3) is 0 Å². The number of carbonyl (C=O) groups excluding carboxylic acids is 2. The van der Waals surface area contributed by atoms with Crippen molar-refractivity contribution >= 4 is 17.8 Å². The number of aliphatic carboxylic acids is 1. The molecule has 1 rings (SSSR count). The maximum Gasteiger partial charge on any atom is 0.326 e. The molecule has 3 atom stereocenters. The number of carboxylic acid groups (broad SMARTS) is 1. The van der Waals surface area contributed by atoms with Gasteiger partial charge in [0, 0.05) is 18.3 Å². The normalized spacial score (nSPS) is 14.6. The van der Waals surface area contributed by atoms with Gasteiger partial charge in [0.15, 0.2) is 0 Å². The van der Waals surface area contributed by atoms with E-state index in [1.165, 1.54) is 6.33 Å². The number of hydrogen-bond acceptors (Lipinski definition) is 5. The maximum absolute atomic E-state index is 11.8. The molecule has 0 aromatic carbocycles. The Hall–Kier alpha value is -2.42. The lowest BCUT2D eigenvalue weighted by Crippen LogP contribution is -2.50. The summed E-state index contributed by atoms with van der Waals surface area (Å²) in [5.74, 6) is -2.38. The lowest BCUT2D eigenvalue weighted by atomic mass is 9.99. The number of aromatic nitrogens is 2. The number of aromatic amines is 1. The van der Waals surface area contributed by atoms with Crippen LogP contribution < -0.4 is 16.4 Å². The number of hydrogen-bond donors (Lipinski definition) is 5. The van der Waals surface area contributed by atoms with Gasteiger partial charge in [0.05, 0.1) is 18.9 Å². The molecule has 1 aromatic rings. The van der Waals surface area contributed by atoms with Crippen LogP contribution in [0.15, 0.2) is 12.5 Å². The fourth-order valence-corrected chi connectivity index (χ4v) is 1.93. The highest BCUT2D eigenvalue weighted by molar-refractivity contribution is 5.89. The zero-order chi connectivity index (χ0) is 17.4. The fourth-order valence-electron chi connectivity index (χ4n) is 1.93. The third-order valence-corrected chi connectivity index (χ3v) is 3.55. The summed E-state index contributed by atoms with van der Waals surface area (Å²) in [6.45, 7) is 3.25. The Morgan fingerprint density at radius 3 is 2.65 bits per heavy atom. The lowest BCUT2D eigenvalue weighted by Gasteiger charge is -2.20. The summed E-state index contributed by atoms with van der Waals surface area (Å²) in [5.41, 5.74) is 6.44. The molecular formula is C14H23N5O4. The molecule has 0 bridgehead atoms. The Morgan fingerprint density at radius 2 is 2.13 bits per heavy atom. The predicted molar refractivity (Wildman–Crippen MR) is 82.3 cm³/mol. The van der Waals surface area contributed by atoms with E-state index in [4.69, 9.17) is 10.8 Å². The smallest absolute Gasteiger partial charge is 0.326 e. The molecule has 6 N–H and O–H groups in total. The Bertz CT molecular complexity index is 531. The molecular weight excluding hydrogens is 302 g/mol. The average Bonchev–Trinajstić information content (AvgIpc) is 3.01. The second kappa shape index (κ2) is 8.89. The molecule has 1 heterocycles. The lowest BCUT2D eigenvalue weighted by molar-refractivity contribution is -0.143. The largest absolute Gasteiger partial charge is 0.480 e. The molecule has 2 amide bonds. The quantitative estimate of drug-likeness (QED) is 0.393. The van der Waals surface area contributed by atoms with E-state index in [1.807, 2.05) is 6.92 Å². The second-order valence-corrected chi connectivity index (χ2v) is 5.37. The summed E-state index contributed by atoms with van der Waals surface area (Å²) < 4.78 is 0. The average molecular weight is 325 g/mol. The number of carbonyl (C=O) groups is 3. The topological polar surface area (TPSA) is 150 Å². The van der Waals surface area contributed by atoms with Crippen LogP contribution in [0.2, 0.25) is 0 Å². The molecule has 0 saturated heterocycles. The maximum atomic E-state index is 11.8. The second-order valence-electron chi connectivity index (χ2n) is 5.37. The van der Waals surface area contributed by atoms with Gasteiger partial charge in [-0.1, -0.05) is 20.3 Å². The van der Waals surface area contributed by atoms with Crippen LogP contribution in [0, 0.1) is 5.92 Å². The number of nitrogens with zero attached hydrogens (tertiary/aromatic N) is 1. The van der Waals surface area contributed by atoms with E-state index in [0.29, 0.717) is 12.1 Å². The number of rotatable bonds is 9. The molecule has 0 radical (unpaired) electrons. The van der Waals surface area contributed by atoms with E-state index >= 15 is 0 Å². The molecule has 0 spiro atoms. The molecule has 1 aromatic heterocycles. The van der Waals surface area contributed by atoms with Crippen molar-refractivity contribution in [3.05, 3.63) is 18.2 Å². The third-order valence-electron chi connectivity index (χ3n) is 3.55. The van der Waals surface area contributed by atoms with Gasteiger partial charge >= 0.3 is 5.97 Å². The van der Waals surface area contributed by atoms with Crippen LogP contribution in [0.1, 0.15) is 26.0 Å². The zero-order valence-corrected chi connectivity index (χ0v) is 13.2. The van der Waals surface area contributed by atoms with Crippen molar-refractivity contribution in [3.63, 3.8) is 0 Å². The van der Waals surface area contributed by atoms with Gasteiger partial charge in [-0.15, -0.1) is 0 Å². The summed E-state index contributed by atoms with van der Waals surface area (Å²) >= 11 is 0. The molecule has 0 saturated carbocycles. The van der Waals surface area contributed by atoms with Crippen LogP contribution in [0.3, 0.4) is 0 Å². The van der Waals surface area contributed by atoms with Crippen molar-refractivity contribution in [3.8, 4) is 0 Å². The minimum absolute atomic E-state index is 0.213. The first kappa shape index (κ1) is 18.6. The highest BCUT2D eigenvalue weighted by Gasteiger charge is 2.25. The monoisotopic (exact) mass is 325 g/mol. The zero-order valence-electron chi connectivity index (χ0n) is 13.2. The molecule has 0 aliphatic rings. The number of carboxylic acids is 1. The van der Waals surface area contributed by atoms with E-state index < -0.39 is 29.9 Å². The van der Waals surface area contributed by atoms with E-state index in [1.54, 1.807) is 13.1 Å². The minimum atomic E-state index is -1.10. The molecule has 9 heteroatoms. The van der Waals surface area contributed by atoms with Gasteiger partial charge in [0.2, 0.25) is 11.8 Å². The summed E-state index contributed by atoms with van der Waals surface area (Å²) in [5, 5.41) is 13.9. The van der Waals surface area contributed by atoms with Crippen LogP contribution in [-0.4, -0.2) is 51.5 Å². The van der Waals surface area contributed by atoms with Crippen molar-refractivity contribution in [2.75, 3.05) is 6.54 Å². The Morgan fingerprint density at radius 1 is 1.43 bits per heavy atom. The first-order valence-corrected chi connectivity index (χ1v) is 7.37. The van der Waals surface area contributed by atoms with Gasteiger partial charge in [-0.05, 0) is 5.92 Å². The summed E-state index contributed by atoms with van der Waals surface area (Å²) in [6.07, 6.45) is 3.91. The minimum Gasteiger partial charge on any atom is -0.480 e. The molecule has 128 valence electrons. The van der Waals surface area contributed by atoms with Gasteiger partial charge in [-0.3, -0.25) is 9.59 Å². The van der Waals surface area contributed by atoms with Crippen LogP contribution in [0.25, 0.3) is 0 Å². The molecule has 0 aliphatic carbocycles. The Balaban J connectivity index is 2.42. The SMILES string of the molecule is CCC(C)C(NC(=O)CNC(=O)C(N)Cc1cnc[nH]1)C(=O)O. The third kappa shape index (κ3) is 6.07. The number of H-pyrrole nitrogens is 1. The van der Waals surface area contributed by atoms with Gasteiger partial charge in [0.1, 0.15) is 6.04 Å². The van der Waals surface area contributed by atoms with Crippen LogP contribution in [-0.2, 0) is 20.8 Å². The number of nitrogens with two attached hydrogens (primary N) is 1. The van der Waals surface area contributed by atoms with Gasteiger partial charge in [-0.25, -0.2) is 9.78 Å². The molecule has 9 nitrogen and oxygen atoms in total. The van der Waals surface area contributed by atoms with Crippen molar-refractivity contribution in [1.82, 2.24) is 20.6 Å². The Labute approximate surface area is 134 Å². The molecule has 0 aliphatic heterocycles. The molecule has 3 unspecified atom stereocenters. The van der Waals surface area contributed by atoms with Crippen molar-refractivity contribution < 1.29 is 19.5 Å². The first-order valence-electron chi connectivity index (χ1n) is 7.37. The van der Waals surface area contributed by atoms with Gasteiger partial charge < -0.3 is 26.5 Å². The van der Waals surface area contributed by atoms with Crippen LogP contribution >= 0.6 is 0 Å². The highest BCUT2D eigenvalue weighted by Crippen LogP contribution is 2.07. The van der Waals surface area contributed by atoms with E-state index in [9.17, 15) is 14.4 Å². The van der Waals surface area contributed by atoms with E-state index in [-0.39, 0.29) is 18.9 Å². The molecule has 0 fully saturated rings. The van der Waals surface area contributed by atoms with Crippen LogP contribution in [0.5, 0.6) is 0 Å².